The van der Waals surface area contributed by atoms with Gasteiger partial charge in [0.25, 0.3) is 0 Å². The van der Waals surface area contributed by atoms with Gasteiger partial charge in [0, 0.05) is 23.2 Å². The summed E-state index contributed by atoms with van der Waals surface area (Å²) < 4.78 is 1.12. The van der Waals surface area contributed by atoms with Crippen LogP contribution in [-0.4, -0.2) is 19.6 Å². The fourth-order valence-corrected chi connectivity index (χ4v) is 1.43. The van der Waals surface area contributed by atoms with Crippen molar-refractivity contribution in [3.63, 3.8) is 0 Å². The summed E-state index contributed by atoms with van der Waals surface area (Å²) in [5.74, 6) is 0. The third-order valence-corrected chi connectivity index (χ3v) is 2.43. The maximum atomic E-state index is 3.41. The second-order valence-electron chi connectivity index (χ2n) is 3.18. The predicted molar refractivity (Wildman–Crippen MR) is 65.8 cm³/mol. The lowest BCUT2D eigenvalue weighted by Crippen LogP contribution is -2.22. The van der Waals surface area contributed by atoms with Gasteiger partial charge < -0.3 is 10.6 Å². The van der Waals surface area contributed by atoms with Crippen LogP contribution in [0.4, 0.5) is 5.69 Å². The van der Waals surface area contributed by atoms with Crippen LogP contribution in [0.1, 0.15) is 13.3 Å². The van der Waals surface area contributed by atoms with Crippen LogP contribution < -0.4 is 10.6 Å². The molecule has 0 heterocycles. The first-order valence-corrected chi connectivity index (χ1v) is 5.82. The first-order valence-electron chi connectivity index (χ1n) is 5.03. The minimum absolute atomic E-state index is 0.974. The molecule has 0 unspecified atom stereocenters. The molecule has 0 bridgehead atoms. The molecule has 0 radical (unpaired) electrons. The molecule has 2 nitrogen and oxygen atoms in total. The molecular formula is C11H17BrN2. The van der Waals surface area contributed by atoms with Gasteiger partial charge in [-0.05, 0) is 37.2 Å². The van der Waals surface area contributed by atoms with Crippen LogP contribution in [0.2, 0.25) is 0 Å². The Morgan fingerprint density at radius 1 is 1.07 bits per heavy atom. The number of anilines is 1. The van der Waals surface area contributed by atoms with E-state index in [0.29, 0.717) is 0 Å². The third-order valence-electron chi connectivity index (χ3n) is 1.90. The van der Waals surface area contributed by atoms with Crippen LogP contribution >= 0.6 is 15.9 Å². The summed E-state index contributed by atoms with van der Waals surface area (Å²) in [4.78, 5) is 0. The second kappa shape index (κ2) is 6.85. The molecule has 1 aromatic carbocycles. The highest BCUT2D eigenvalue weighted by Crippen LogP contribution is 2.13. The fourth-order valence-electron chi connectivity index (χ4n) is 1.16. The molecule has 1 rings (SSSR count). The zero-order chi connectivity index (χ0) is 10.2. The van der Waals surface area contributed by atoms with Crippen LogP contribution in [0.25, 0.3) is 0 Å². The Morgan fingerprint density at radius 3 is 2.43 bits per heavy atom. The van der Waals surface area contributed by atoms with E-state index in [1.54, 1.807) is 0 Å². The summed E-state index contributed by atoms with van der Waals surface area (Å²) in [5.41, 5.74) is 1.17. The Kier molecular flexibility index (Phi) is 5.64. The van der Waals surface area contributed by atoms with Crippen LogP contribution in [0.15, 0.2) is 28.7 Å². The highest BCUT2D eigenvalue weighted by Gasteiger charge is 1.90. The van der Waals surface area contributed by atoms with Crippen molar-refractivity contribution in [1.82, 2.24) is 5.32 Å². The number of halogens is 1. The Labute approximate surface area is 94.2 Å². The summed E-state index contributed by atoms with van der Waals surface area (Å²) >= 11 is 3.41. The van der Waals surface area contributed by atoms with Gasteiger partial charge in [-0.1, -0.05) is 22.9 Å². The highest BCUT2D eigenvalue weighted by molar-refractivity contribution is 9.10. The number of hydrogen-bond acceptors (Lipinski definition) is 2. The summed E-state index contributed by atoms with van der Waals surface area (Å²) in [5, 5.41) is 6.69. The van der Waals surface area contributed by atoms with Crippen LogP contribution in [0, 0.1) is 0 Å². The molecule has 14 heavy (non-hydrogen) atoms. The average molecular weight is 257 g/mol. The molecule has 0 saturated carbocycles. The lowest BCUT2D eigenvalue weighted by molar-refractivity contribution is 0.688. The van der Waals surface area contributed by atoms with E-state index in [4.69, 9.17) is 0 Å². The summed E-state index contributed by atoms with van der Waals surface area (Å²) in [6.45, 7) is 5.27. The van der Waals surface area contributed by atoms with Gasteiger partial charge in [-0.25, -0.2) is 0 Å². The zero-order valence-electron chi connectivity index (χ0n) is 8.52. The van der Waals surface area contributed by atoms with Crippen molar-refractivity contribution in [1.29, 1.82) is 0 Å². The van der Waals surface area contributed by atoms with Crippen molar-refractivity contribution in [2.24, 2.45) is 0 Å². The van der Waals surface area contributed by atoms with Gasteiger partial charge in [0.05, 0.1) is 0 Å². The smallest absolute Gasteiger partial charge is 0.0341 e. The molecule has 2 N–H and O–H groups in total. The van der Waals surface area contributed by atoms with Gasteiger partial charge in [-0.2, -0.15) is 0 Å². The van der Waals surface area contributed by atoms with Gasteiger partial charge in [-0.3, -0.25) is 0 Å². The van der Waals surface area contributed by atoms with Crippen molar-refractivity contribution in [3.8, 4) is 0 Å². The molecule has 0 aliphatic carbocycles. The molecule has 1 aromatic rings. The third kappa shape index (κ3) is 4.63. The minimum Gasteiger partial charge on any atom is -0.384 e. The molecular weight excluding hydrogens is 240 g/mol. The van der Waals surface area contributed by atoms with E-state index >= 15 is 0 Å². The lowest BCUT2D eigenvalue weighted by Gasteiger charge is -2.06. The van der Waals surface area contributed by atoms with Gasteiger partial charge in [0.2, 0.25) is 0 Å². The number of rotatable bonds is 6. The Bertz CT molecular complexity index is 246. The monoisotopic (exact) mass is 256 g/mol. The van der Waals surface area contributed by atoms with E-state index in [2.05, 4.69) is 45.6 Å². The van der Waals surface area contributed by atoms with Crippen molar-refractivity contribution >= 4 is 21.6 Å². The predicted octanol–water partition coefficient (Wildman–Crippen LogP) is 2.86. The topological polar surface area (TPSA) is 24.1 Å². The van der Waals surface area contributed by atoms with E-state index in [1.807, 2.05) is 12.1 Å². The van der Waals surface area contributed by atoms with Gasteiger partial charge in [0.15, 0.2) is 0 Å². The molecule has 78 valence electrons. The molecule has 0 fully saturated rings. The van der Waals surface area contributed by atoms with Gasteiger partial charge >= 0.3 is 0 Å². The second-order valence-corrected chi connectivity index (χ2v) is 4.10. The molecule has 0 aliphatic heterocycles. The average Bonchev–Trinajstić information content (AvgIpc) is 2.21. The number of benzene rings is 1. The van der Waals surface area contributed by atoms with Crippen LogP contribution in [-0.2, 0) is 0 Å². The van der Waals surface area contributed by atoms with Gasteiger partial charge in [0.1, 0.15) is 0 Å². The van der Waals surface area contributed by atoms with Crippen molar-refractivity contribution < 1.29 is 0 Å². The normalized spacial score (nSPS) is 10.1. The summed E-state index contributed by atoms with van der Waals surface area (Å²) in [7, 11) is 0. The SMILES string of the molecule is CCCNCCNc1ccc(Br)cc1. The van der Waals surface area contributed by atoms with E-state index in [1.165, 1.54) is 12.1 Å². The molecule has 0 spiro atoms. The number of nitrogens with one attached hydrogen (secondary N) is 2. The lowest BCUT2D eigenvalue weighted by atomic mass is 10.3. The molecule has 0 amide bonds. The standard InChI is InChI=1S/C11H17BrN2/c1-2-7-13-8-9-14-11-5-3-10(12)4-6-11/h3-6,13-14H,2,7-9H2,1H3. The Balaban J connectivity index is 2.15. The van der Waals surface area contributed by atoms with Crippen LogP contribution in [0.3, 0.4) is 0 Å². The highest BCUT2D eigenvalue weighted by atomic mass is 79.9. The van der Waals surface area contributed by atoms with Gasteiger partial charge in [-0.15, -0.1) is 0 Å². The quantitative estimate of drug-likeness (QED) is 0.766. The zero-order valence-corrected chi connectivity index (χ0v) is 10.1. The van der Waals surface area contributed by atoms with E-state index < -0.39 is 0 Å². The minimum atomic E-state index is 0.974. The van der Waals surface area contributed by atoms with E-state index in [-0.39, 0.29) is 0 Å². The first kappa shape index (κ1) is 11.5. The number of hydrogen-bond donors (Lipinski definition) is 2. The maximum absolute atomic E-state index is 3.41. The van der Waals surface area contributed by atoms with E-state index in [9.17, 15) is 0 Å². The largest absolute Gasteiger partial charge is 0.384 e. The van der Waals surface area contributed by atoms with Crippen molar-refractivity contribution in [2.45, 2.75) is 13.3 Å². The Morgan fingerprint density at radius 2 is 1.79 bits per heavy atom. The summed E-state index contributed by atoms with van der Waals surface area (Å²) in [6.07, 6.45) is 1.19. The maximum Gasteiger partial charge on any atom is 0.0341 e. The molecule has 3 heteroatoms. The first-order chi connectivity index (χ1) is 6.83. The molecule has 0 aromatic heterocycles. The molecule has 0 atom stereocenters. The van der Waals surface area contributed by atoms with Crippen molar-refractivity contribution in [2.75, 3.05) is 25.0 Å². The fraction of sp³-hybridized carbons (Fsp3) is 0.455. The molecule has 0 saturated heterocycles. The molecule has 0 aliphatic rings. The Hall–Kier alpha value is -0.540. The summed E-state index contributed by atoms with van der Waals surface area (Å²) in [6, 6.07) is 8.23. The van der Waals surface area contributed by atoms with Crippen LogP contribution in [0.5, 0.6) is 0 Å². The van der Waals surface area contributed by atoms with Crippen molar-refractivity contribution in [3.05, 3.63) is 28.7 Å². The van der Waals surface area contributed by atoms with E-state index in [0.717, 1.165) is 24.1 Å².